The molecule has 5 heteroatoms. The van der Waals surface area contributed by atoms with E-state index in [1.165, 1.54) is 0 Å². The van der Waals surface area contributed by atoms with Gasteiger partial charge in [0.2, 0.25) is 5.28 Å². The van der Waals surface area contributed by atoms with E-state index < -0.39 is 0 Å². The van der Waals surface area contributed by atoms with Crippen LogP contribution in [0.5, 0.6) is 0 Å². The second-order valence-electron chi connectivity index (χ2n) is 3.57. The van der Waals surface area contributed by atoms with Gasteiger partial charge in [0.25, 0.3) is 0 Å². The minimum atomic E-state index is 0.193. The summed E-state index contributed by atoms with van der Waals surface area (Å²) >= 11 is 5.72. The smallest absolute Gasteiger partial charge is 0.224 e. The number of rotatable bonds is 1. The zero-order chi connectivity index (χ0) is 10.7. The Morgan fingerprint density at radius 3 is 2.80 bits per heavy atom. The average Bonchev–Trinajstić information content (AvgIpc) is 2.29. The fourth-order valence-electron chi connectivity index (χ4n) is 1.74. The molecule has 0 unspecified atom stereocenters. The average molecular weight is 223 g/mol. The highest BCUT2D eigenvalue weighted by Gasteiger charge is 2.19. The quantitative estimate of drug-likeness (QED) is 0.681. The van der Waals surface area contributed by atoms with Crippen LogP contribution in [0, 0.1) is 17.2 Å². The Morgan fingerprint density at radius 1 is 1.47 bits per heavy atom. The molecule has 0 saturated carbocycles. The van der Waals surface area contributed by atoms with Crippen LogP contribution in [0.25, 0.3) is 0 Å². The molecule has 4 nitrogen and oxygen atoms in total. The molecule has 0 N–H and O–H groups in total. The van der Waals surface area contributed by atoms with E-state index in [-0.39, 0.29) is 11.2 Å². The number of hydrogen-bond acceptors (Lipinski definition) is 4. The number of halogens is 1. The third kappa shape index (κ3) is 2.37. The number of nitrogens with zero attached hydrogens (tertiary/aromatic N) is 4. The number of anilines is 1. The summed E-state index contributed by atoms with van der Waals surface area (Å²) < 4.78 is 0. The van der Waals surface area contributed by atoms with Crippen molar-refractivity contribution in [2.45, 2.75) is 12.8 Å². The Balaban J connectivity index is 2.05. The summed E-state index contributed by atoms with van der Waals surface area (Å²) in [6.45, 7) is 1.73. The van der Waals surface area contributed by atoms with Gasteiger partial charge in [-0.05, 0) is 30.5 Å². The van der Waals surface area contributed by atoms with Crippen LogP contribution in [-0.2, 0) is 0 Å². The van der Waals surface area contributed by atoms with E-state index >= 15 is 0 Å². The largest absolute Gasteiger partial charge is 0.356 e. The van der Waals surface area contributed by atoms with E-state index in [1.807, 2.05) is 6.07 Å². The monoisotopic (exact) mass is 222 g/mol. The summed E-state index contributed by atoms with van der Waals surface area (Å²) in [4.78, 5) is 10.1. The molecule has 1 fully saturated rings. The molecule has 1 aliphatic heterocycles. The van der Waals surface area contributed by atoms with Crippen LogP contribution in [0.15, 0.2) is 12.3 Å². The highest BCUT2D eigenvalue weighted by Crippen LogP contribution is 2.21. The predicted molar refractivity (Wildman–Crippen MR) is 57.6 cm³/mol. The number of aromatic nitrogens is 2. The van der Waals surface area contributed by atoms with Crippen molar-refractivity contribution in [3.8, 4) is 6.07 Å². The molecular formula is C10H11ClN4. The third-order valence-corrected chi connectivity index (χ3v) is 2.80. The first-order valence-corrected chi connectivity index (χ1v) is 5.30. The third-order valence-electron chi connectivity index (χ3n) is 2.61. The zero-order valence-corrected chi connectivity index (χ0v) is 8.98. The van der Waals surface area contributed by atoms with Gasteiger partial charge < -0.3 is 4.90 Å². The minimum Gasteiger partial charge on any atom is -0.356 e. The summed E-state index contributed by atoms with van der Waals surface area (Å²) in [6, 6.07) is 4.15. The van der Waals surface area contributed by atoms with Crippen LogP contribution < -0.4 is 4.90 Å². The first-order chi connectivity index (χ1) is 7.29. The lowest BCUT2D eigenvalue weighted by Gasteiger charge is -2.29. The lowest BCUT2D eigenvalue weighted by Crippen LogP contribution is -2.33. The lowest BCUT2D eigenvalue weighted by atomic mass is 9.99. The fraction of sp³-hybridized carbons (Fsp3) is 0.500. The topological polar surface area (TPSA) is 52.8 Å². The molecule has 1 aromatic heterocycles. The first-order valence-electron chi connectivity index (χ1n) is 4.92. The molecule has 0 atom stereocenters. The van der Waals surface area contributed by atoms with E-state index in [2.05, 4.69) is 20.9 Å². The van der Waals surface area contributed by atoms with E-state index in [0.29, 0.717) is 0 Å². The maximum atomic E-state index is 8.78. The van der Waals surface area contributed by atoms with Crippen LogP contribution >= 0.6 is 11.6 Å². The molecule has 15 heavy (non-hydrogen) atoms. The van der Waals surface area contributed by atoms with Gasteiger partial charge in [0.05, 0.1) is 6.07 Å². The SMILES string of the molecule is N#CC1CCN(c2ccnc(Cl)n2)CC1. The highest BCUT2D eigenvalue weighted by molar-refractivity contribution is 6.28. The van der Waals surface area contributed by atoms with E-state index in [1.54, 1.807) is 6.20 Å². The summed E-state index contributed by atoms with van der Waals surface area (Å²) in [5, 5.41) is 9.05. The maximum absolute atomic E-state index is 8.78. The molecule has 1 aliphatic rings. The predicted octanol–water partition coefficient (Wildman–Crippen LogP) is 1.87. The Labute approximate surface area is 93.5 Å². The van der Waals surface area contributed by atoms with Crippen molar-refractivity contribution in [1.82, 2.24) is 9.97 Å². The Morgan fingerprint density at radius 2 is 2.20 bits per heavy atom. The van der Waals surface area contributed by atoms with Gasteiger partial charge in [0.15, 0.2) is 0 Å². The molecular weight excluding hydrogens is 212 g/mol. The van der Waals surface area contributed by atoms with Crippen molar-refractivity contribution in [2.75, 3.05) is 18.0 Å². The van der Waals surface area contributed by atoms with Crippen molar-refractivity contribution in [3.05, 3.63) is 17.5 Å². The standard InChI is InChI=1S/C10H11ClN4/c11-10-13-4-1-9(14-10)15-5-2-8(7-12)3-6-15/h1,4,8H,2-3,5-6H2. The van der Waals surface area contributed by atoms with Crippen LogP contribution in [0.2, 0.25) is 5.28 Å². The molecule has 1 aromatic rings. The summed E-state index contributed by atoms with van der Waals surface area (Å²) in [7, 11) is 0. The van der Waals surface area contributed by atoms with Gasteiger partial charge in [-0.2, -0.15) is 5.26 Å². The molecule has 78 valence electrons. The molecule has 0 bridgehead atoms. The molecule has 0 aliphatic carbocycles. The molecule has 0 radical (unpaired) electrons. The number of hydrogen-bond donors (Lipinski definition) is 0. The van der Waals surface area contributed by atoms with Crippen LogP contribution in [-0.4, -0.2) is 23.1 Å². The molecule has 0 amide bonds. The van der Waals surface area contributed by atoms with Gasteiger partial charge >= 0.3 is 0 Å². The molecule has 0 aromatic carbocycles. The van der Waals surface area contributed by atoms with Gasteiger partial charge in [-0.15, -0.1) is 0 Å². The first kappa shape index (κ1) is 10.2. The summed E-state index contributed by atoms with van der Waals surface area (Å²) in [5.41, 5.74) is 0. The second-order valence-corrected chi connectivity index (χ2v) is 3.91. The van der Waals surface area contributed by atoms with Crippen LogP contribution in [0.4, 0.5) is 5.82 Å². The summed E-state index contributed by atoms with van der Waals surface area (Å²) in [5.74, 6) is 1.05. The van der Waals surface area contributed by atoms with Gasteiger partial charge in [-0.25, -0.2) is 9.97 Å². The van der Waals surface area contributed by atoms with Gasteiger partial charge in [-0.3, -0.25) is 0 Å². The number of piperidine rings is 1. The zero-order valence-electron chi connectivity index (χ0n) is 8.23. The van der Waals surface area contributed by atoms with Crippen LogP contribution in [0.3, 0.4) is 0 Å². The van der Waals surface area contributed by atoms with Crippen molar-refractivity contribution in [2.24, 2.45) is 5.92 Å². The van der Waals surface area contributed by atoms with Crippen molar-refractivity contribution >= 4 is 17.4 Å². The Hall–Kier alpha value is -1.34. The number of nitriles is 1. The molecule has 2 rings (SSSR count). The normalized spacial score (nSPS) is 17.5. The fourth-order valence-corrected chi connectivity index (χ4v) is 1.88. The highest BCUT2D eigenvalue weighted by atomic mass is 35.5. The molecule has 2 heterocycles. The van der Waals surface area contributed by atoms with Gasteiger partial charge in [-0.1, -0.05) is 0 Å². The second kappa shape index (κ2) is 4.45. The maximum Gasteiger partial charge on any atom is 0.224 e. The van der Waals surface area contributed by atoms with E-state index in [9.17, 15) is 0 Å². The Bertz CT molecular complexity index is 379. The van der Waals surface area contributed by atoms with Gasteiger partial charge in [0, 0.05) is 25.2 Å². The van der Waals surface area contributed by atoms with E-state index in [4.69, 9.17) is 16.9 Å². The Kier molecular flexibility index (Phi) is 3.02. The van der Waals surface area contributed by atoms with Crippen molar-refractivity contribution in [1.29, 1.82) is 5.26 Å². The van der Waals surface area contributed by atoms with Crippen molar-refractivity contribution < 1.29 is 0 Å². The van der Waals surface area contributed by atoms with E-state index in [0.717, 1.165) is 31.7 Å². The lowest BCUT2D eigenvalue weighted by molar-refractivity contribution is 0.485. The summed E-state index contributed by atoms with van der Waals surface area (Å²) in [6.07, 6.45) is 3.46. The van der Waals surface area contributed by atoms with Crippen molar-refractivity contribution in [3.63, 3.8) is 0 Å². The minimum absolute atomic E-state index is 0.193. The molecule has 1 saturated heterocycles. The van der Waals surface area contributed by atoms with Crippen LogP contribution in [0.1, 0.15) is 12.8 Å². The van der Waals surface area contributed by atoms with Gasteiger partial charge in [0.1, 0.15) is 5.82 Å². The molecule has 0 spiro atoms.